The third kappa shape index (κ3) is 7.36. The first-order valence-electron chi connectivity index (χ1n) is 7.84. The molecule has 0 radical (unpaired) electrons. The van der Waals surface area contributed by atoms with Crippen LogP contribution in [0.15, 0.2) is 22.9 Å². The largest absolute Gasteiger partial charge is 0.271 e. The molecule has 0 saturated heterocycles. The Labute approximate surface area is 131 Å². The van der Waals surface area contributed by atoms with E-state index in [2.05, 4.69) is 39.3 Å². The van der Waals surface area contributed by atoms with E-state index in [1.165, 1.54) is 51.4 Å². The zero-order chi connectivity index (χ0) is 14.6. The normalized spacial score (nSPS) is 12.6. The fourth-order valence-electron chi connectivity index (χ4n) is 2.45. The Hall–Kier alpha value is -0.450. The molecule has 0 spiro atoms. The van der Waals surface area contributed by atoms with Gasteiger partial charge in [-0.2, -0.15) is 0 Å². The summed E-state index contributed by atoms with van der Waals surface area (Å²) < 4.78 is 1.01. The maximum atomic E-state index is 5.66. The van der Waals surface area contributed by atoms with Crippen LogP contribution < -0.4 is 11.3 Å². The van der Waals surface area contributed by atoms with Gasteiger partial charge in [-0.05, 0) is 34.0 Å². The van der Waals surface area contributed by atoms with Crippen LogP contribution in [0.3, 0.4) is 0 Å². The van der Waals surface area contributed by atoms with Crippen molar-refractivity contribution < 1.29 is 0 Å². The number of nitrogens with one attached hydrogen (secondary N) is 1. The standard InChI is InChI=1S/C16H28BrN3/c1-2-3-4-5-6-7-8-9-10-16(20-18)14-11-15(17)13-19-12-14/h11-13,16,20H,2-10,18H2,1H3. The molecule has 1 rings (SSSR count). The lowest BCUT2D eigenvalue weighted by atomic mass is 10.0. The number of nitrogens with zero attached hydrogens (tertiary/aromatic N) is 1. The van der Waals surface area contributed by atoms with E-state index < -0.39 is 0 Å². The molecule has 114 valence electrons. The fourth-order valence-corrected chi connectivity index (χ4v) is 2.83. The van der Waals surface area contributed by atoms with Crippen molar-refractivity contribution in [2.75, 3.05) is 0 Å². The molecule has 0 aliphatic carbocycles. The van der Waals surface area contributed by atoms with Crippen molar-refractivity contribution >= 4 is 15.9 Å². The van der Waals surface area contributed by atoms with Gasteiger partial charge in [0.15, 0.2) is 0 Å². The molecule has 4 heteroatoms. The molecule has 1 unspecified atom stereocenters. The molecule has 1 aromatic rings. The van der Waals surface area contributed by atoms with Crippen molar-refractivity contribution in [1.82, 2.24) is 10.4 Å². The summed E-state index contributed by atoms with van der Waals surface area (Å²) in [5.41, 5.74) is 4.06. The molecule has 1 atom stereocenters. The zero-order valence-electron chi connectivity index (χ0n) is 12.6. The van der Waals surface area contributed by atoms with Gasteiger partial charge < -0.3 is 0 Å². The van der Waals surface area contributed by atoms with Crippen LogP contribution >= 0.6 is 15.9 Å². The Bertz CT molecular complexity index is 357. The lowest BCUT2D eigenvalue weighted by molar-refractivity contribution is 0.474. The van der Waals surface area contributed by atoms with Crippen molar-refractivity contribution in [3.63, 3.8) is 0 Å². The number of aromatic nitrogens is 1. The summed E-state index contributed by atoms with van der Waals surface area (Å²) in [6.07, 6.45) is 15.5. The third-order valence-corrected chi connectivity index (χ3v) is 4.11. The minimum atomic E-state index is 0.208. The van der Waals surface area contributed by atoms with E-state index in [9.17, 15) is 0 Å². The van der Waals surface area contributed by atoms with Crippen LogP contribution in [0.2, 0.25) is 0 Å². The highest BCUT2D eigenvalue weighted by atomic mass is 79.9. The van der Waals surface area contributed by atoms with Crippen LogP contribution in [0, 0.1) is 0 Å². The van der Waals surface area contributed by atoms with Crippen molar-refractivity contribution in [1.29, 1.82) is 0 Å². The number of nitrogens with two attached hydrogens (primary N) is 1. The van der Waals surface area contributed by atoms with Gasteiger partial charge in [-0.25, -0.2) is 0 Å². The second-order valence-corrected chi connectivity index (χ2v) is 6.33. The molecular formula is C16H28BrN3. The minimum Gasteiger partial charge on any atom is -0.271 e. The molecule has 0 saturated carbocycles. The molecule has 0 aliphatic rings. The molecule has 1 aromatic heterocycles. The van der Waals surface area contributed by atoms with Gasteiger partial charge in [-0.3, -0.25) is 16.3 Å². The molecule has 0 amide bonds. The van der Waals surface area contributed by atoms with Gasteiger partial charge >= 0.3 is 0 Å². The lowest BCUT2D eigenvalue weighted by Gasteiger charge is -2.16. The third-order valence-electron chi connectivity index (χ3n) is 3.68. The average Bonchev–Trinajstić information content (AvgIpc) is 2.46. The highest BCUT2D eigenvalue weighted by molar-refractivity contribution is 9.10. The Morgan fingerprint density at radius 2 is 1.75 bits per heavy atom. The Kier molecular flexibility index (Phi) is 9.89. The van der Waals surface area contributed by atoms with Gasteiger partial charge in [0.25, 0.3) is 0 Å². The zero-order valence-corrected chi connectivity index (χ0v) is 14.2. The van der Waals surface area contributed by atoms with Crippen molar-refractivity contribution in [3.8, 4) is 0 Å². The van der Waals surface area contributed by atoms with Crippen LogP contribution in [0.25, 0.3) is 0 Å². The van der Waals surface area contributed by atoms with Gasteiger partial charge in [0, 0.05) is 22.9 Å². The van der Waals surface area contributed by atoms with E-state index >= 15 is 0 Å². The van der Waals surface area contributed by atoms with Crippen molar-refractivity contribution in [2.45, 2.75) is 70.8 Å². The number of hydrogen-bond acceptors (Lipinski definition) is 3. The SMILES string of the molecule is CCCCCCCCCCC(NN)c1cncc(Br)c1. The Morgan fingerprint density at radius 3 is 2.35 bits per heavy atom. The smallest absolute Gasteiger partial charge is 0.0475 e. The van der Waals surface area contributed by atoms with E-state index in [1.54, 1.807) is 6.20 Å². The molecule has 0 aliphatic heterocycles. The number of halogens is 1. The summed E-state index contributed by atoms with van der Waals surface area (Å²) in [6, 6.07) is 2.29. The minimum absolute atomic E-state index is 0.208. The van der Waals surface area contributed by atoms with Crippen LogP contribution in [-0.4, -0.2) is 4.98 Å². The van der Waals surface area contributed by atoms with Crippen LogP contribution in [-0.2, 0) is 0 Å². The summed E-state index contributed by atoms with van der Waals surface area (Å²) in [4.78, 5) is 4.20. The van der Waals surface area contributed by atoms with Gasteiger partial charge in [0.2, 0.25) is 0 Å². The number of hydrogen-bond donors (Lipinski definition) is 2. The second kappa shape index (κ2) is 11.2. The second-order valence-electron chi connectivity index (χ2n) is 5.42. The quantitative estimate of drug-likeness (QED) is 0.342. The first-order valence-corrected chi connectivity index (χ1v) is 8.63. The van der Waals surface area contributed by atoms with Crippen LogP contribution in [0.4, 0.5) is 0 Å². The highest BCUT2D eigenvalue weighted by Gasteiger charge is 2.09. The predicted octanol–water partition coefficient (Wildman–Crippen LogP) is 4.88. The Balaban J connectivity index is 2.16. The number of hydrazine groups is 1. The maximum absolute atomic E-state index is 5.66. The van der Waals surface area contributed by atoms with E-state index in [4.69, 9.17) is 5.84 Å². The Morgan fingerprint density at radius 1 is 1.10 bits per heavy atom. The molecule has 0 bridgehead atoms. The number of pyridine rings is 1. The van der Waals surface area contributed by atoms with Crippen LogP contribution in [0.5, 0.6) is 0 Å². The summed E-state index contributed by atoms with van der Waals surface area (Å²) in [5, 5.41) is 0. The van der Waals surface area contributed by atoms with Gasteiger partial charge in [-0.15, -0.1) is 0 Å². The topological polar surface area (TPSA) is 50.9 Å². The summed E-state index contributed by atoms with van der Waals surface area (Å²) in [6.45, 7) is 2.26. The van der Waals surface area contributed by atoms with Crippen molar-refractivity contribution in [3.05, 3.63) is 28.5 Å². The summed E-state index contributed by atoms with van der Waals surface area (Å²) >= 11 is 3.45. The molecule has 3 N–H and O–H groups in total. The average molecular weight is 342 g/mol. The molecule has 0 fully saturated rings. The van der Waals surface area contributed by atoms with E-state index in [0.29, 0.717) is 0 Å². The van der Waals surface area contributed by atoms with Gasteiger partial charge in [0.05, 0.1) is 0 Å². The molecular weight excluding hydrogens is 314 g/mol. The molecule has 0 aromatic carbocycles. The monoisotopic (exact) mass is 341 g/mol. The summed E-state index contributed by atoms with van der Waals surface area (Å²) in [7, 11) is 0. The predicted molar refractivity (Wildman–Crippen MR) is 89.2 cm³/mol. The number of unbranched alkanes of at least 4 members (excludes halogenated alkanes) is 7. The molecule has 1 heterocycles. The van der Waals surface area contributed by atoms with Gasteiger partial charge in [-0.1, -0.05) is 58.3 Å². The van der Waals surface area contributed by atoms with E-state index in [-0.39, 0.29) is 6.04 Å². The fraction of sp³-hybridized carbons (Fsp3) is 0.688. The first-order chi connectivity index (χ1) is 9.77. The molecule has 3 nitrogen and oxygen atoms in total. The van der Waals surface area contributed by atoms with Crippen LogP contribution in [0.1, 0.15) is 76.3 Å². The maximum Gasteiger partial charge on any atom is 0.0475 e. The van der Waals surface area contributed by atoms with E-state index in [0.717, 1.165) is 16.5 Å². The summed E-state index contributed by atoms with van der Waals surface area (Å²) in [5.74, 6) is 5.66. The van der Waals surface area contributed by atoms with Gasteiger partial charge in [0.1, 0.15) is 0 Å². The highest BCUT2D eigenvalue weighted by Crippen LogP contribution is 2.21. The van der Waals surface area contributed by atoms with E-state index in [1.807, 2.05) is 6.20 Å². The molecule has 20 heavy (non-hydrogen) atoms. The first kappa shape index (κ1) is 17.6. The van der Waals surface area contributed by atoms with Crippen molar-refractivity contribution in [2.24, 2.45) is 5.84 Å². The lowest BCUT2D eigenvalue weighted by Crippen LogP contribution is -2.28. The number of rotatable bonds is 11.